The molecule has 2 aromatic rings. The molecular weight excluding hydrogens is 336 g/mol. The summed E-state index contributed by atoms with van der Waals surface area (Å²) in [5.41, 5.74) is 2.18. The lowest BCUT2D eigenvalue weighted by Crippen LogP contribution is -2.24. The maximum atomic E-state index is 12.6. The summed E-state index contributed by atoms with van der Waals surface area (Å²) in [4.78, 5) is 23.6. The number of nitro groups is 1. The Balaban J connectivity index is 1.74. The van der Waals surface area contributed by atoms with E-state index in [9.17, 15) is 14.9 Å². The van der Waals surface area contributed by atoms with Gasteiger partial charge >= 0.3 is 0 Å². The summed E-state index contributed by atoms with van der Waals surface area (Å²) in [5, 5.41) is 14.0. The second-order valence-corrected chi connectivity index (χ2v) is 6.27. The predicted molar refractivity (Wildman–Crippen MR) is 101 cm³/mol. The van der Waals surface area contributed by atoms with Crippen LogP contribution in [-0.2, 0) is 4.79 Å². The third kappa shape index (κ3) is 3.97. The molecule has 0 amide bonds. The Morgan fingerprint density at radius 2 is 1.96 bits per heavy atom. The number of carbonyl (C=O) groups is 1. The Morgan fingerprint density at radius 3 is 2.68 bits per heavy atom. The standard InChI is InChI=1S/C19H16N2O3S/c22-18-14(11-13-5-4-8-16(12-13)21(23)24)9-10-17(18)19(25)20-15-6-2-1-3-7-15/h1-8,11-12,17H,9-10H2,(H,20,25)/b14-11-/t17-/m0/s1. The van der Waals surface area contributed by atoms with Crippen LogP contribution in [0.15, 0.2) is 60.2 Å². The minimum Gasteiger partial charge on any atom is -0.349 e. The molecule has 126 valence electrons. The van der Waals surface area contributed by atoms with E-state index >= 15 is 0 Å². The molecule has 0 saturated heterocycles. The van der Waals surface area contributed by atoms with Gasteiger partial charge in [-0.1, -0.05) is 42.5 Å². The number of carbonyl (C=O) groups excluding carboxylic acids is 1. The van der Waals surface area contributed by atoms with Gasteiger partial charge in [0, 0.05) is 17.8 Å². The summed E-state index contributed by atoms with van der Waals surface area (Å²) in [6.07, 6.45) is 2.99. The molecule has 1 aliphatic rings. The number of thiocarbonyl (C=S) groups is 1. The zero-order chi connectivity index (χ0) is 17.8. The van der Waals surface area contributed by atoms with Crippen LogP contribution in [0.25, 0.3) is 6.08 Å². The zero-order valence-electron chi connectivity index (χ0n) is 13.3. The molecule has 0 unspecified atom stereocenters. The molecule has 0 heterocycles. The highest BCUT2D eigenvalue weighted by atomic mass is 32.1. The quantitative estimate of drug-likeness (QED) is 0.382. The SMILES string of the molecule is O=C1/C(=C\c2cccc([N+](=O)[O-])c2)CC[C@@H]1C(=S)Nc1ccccc1. The van der Waals surface area contributed by atoms with Gasteiger partial charge in [0.2, 0.25) is 0 Å². The molecular formula is C19H16N2O3S. The molecule has 0 aliphatic heterocycles. The number of hydrogen-bond donors (Lipinski definition) is 1. The van der Waals surface area contributed by atoms with Crippen molar-refractivity contribution in [2.75, 3.05) is 5.32 Å². The molecule has 0 bridgehead atoms. The average molecular weight is 352 g/mol. The van der Waals surface area contributed by atoms with E-state index in [1.807, 2.05) is 30.3 Å². The van der Waals surface area contributed by atoms with Crippen LogP contribution in [0, 0.1) is 16.0 Å². The first kappa shape index (κ1) is 17.0. The van der Waals surface area contributed by atoms with E-state index in [1.54, 1.807) is 18.2 Å². The topological polar surface area (TPSA) is 72.2 Å². The summed E-state index contributed by atoms with van der Waals surface area (Å²) >= 11 is 5.40. The van der Waals surface area contributed by atoms with Crippen molar-refractivity contribution < 1.29 is 9.72 Å². The number of allylic oxidation sites excluding steroid dienone is 1. The number of nitrogens with zero attached hydrogens (tertiary/aromatic N) is 1. The van der Waals surface area contributed by atoms with Crippen LogP contribution in [0.5, 0.6) is 0 Å². The van der Waals surface area contributed by atoms with Crippen molar-refractivity contribution in [3.8, 4) is 0 Å². The number of nitro benzene ring substituents is 1. The largest absolute Gasteiger partial charge is 0.349 e. The van der Waals surface area contributed by atoms with Gasteiger partial charge in [0.1, 0.15) is 0 Å². The van der Waals surface area contributed by atoms with E-state index in [-0.39, 0.29) is 17.4 Å². The Hall–Kier alpha value is -2.86. The van der Waals surface area contributed by atoms with Crippen LogP contribution < -0.4 is 5.32 Å². The van der Waals surface area contributed by atoms with Gasteiger partial charge in [0.25, 0.3) is 5.69 Å². The van der Waals surface area contributed by atoms with Crippen molar-refractivity contribution in [3.05, 3.63) is 75.8 Å². The first-order valence-electron chi connectivity index (χ1n) is 7.90. The van der Waals surface area contributed by atoms with Gasteiger partial charge in [-0.25, -0.2) is 0 Å². The van der Waals surface area contributed by atoms with Crippen LogP contribution in [0.2, 0.25) is 0 Å². The van der Waals surface area contributed by atoms with Gasteiger partial charge in [-0.05, 0) is 42.2 Å². The summed E-state index contributed by atoms with van der Waals surface area (Å²) in [6.45, 7) is 0. The van der Waals surface area contributed by atoms with Gasteiger partial charge in [0.05, 0.1) is 15.8 Å². The highest BCUT2D eigenvalue weighted by molar-refractivity contribution is 7.80. The van der Waals surface area contributed by atoms with Crippen molar-refractivity contribution in [1.82, 2.24) is 0 Å². The van der Waals surface area contributed by atoms with Gasteiger partial charge < -0.3 is 5.32 Å². The van der Waals surface area contributed by atoms with Gasteiger partial charge in [-0.15, -0.1) is 0 Å². The number of ketones is 1. The van der Waals surface area contributed by atoms with Gasteiger partial charge in [-0.3, -0.25) is 14.9 Å². The van der Waals surface area contributed by atoms with Crippen molar-refractivity contribution in [3.63, 3.8) is 0 Å². The number of non-ortho nitro benzene ring substituents is 1. The number of rotatable bonds is 4. The van der Waals surface area contributed by atoms with E-state index in [0.717, 1.165) is 5.69 Å². The third-order valence-corrected chi connectivity index (χ3v) is 4.50. The van der Waals surface area contributed by atoms with E-state index in [0.29, 0.717) is 29.0 Å². The molecule has 1 atom stereocenters. The third-order valence-electron chi connectivity index (χ3n) is 4.12. The van der Waals surface area contributed by atoms with Crippen LogP contribution in [-0.4, -0.2) is 15.7 Å². The monoisotopic (exact) mass is 352 g/mol. The number of anilines is 1. The van der Waals surface area contributed by atoms with E-state index in [4.69, 9.17) is 12.2 Å². The number of benzene rings is 2. The molecule has 0 spiro atoms. The van der Waals surface area contributed by atoms with Gasteiger partial charge in [-0.2, -0.15) is 0 Å². The van der Waals surface area contributed by atoms with E-state index < -0.39 is 4.92 Å². The van der Waals surface area contributed by atoms with Crippen LogP contribution >= 0.6 is 12.2 Å². The number of nitrogens with one attached hydrogen (secondary N) is 1. The second kappa shape index (κ2) is 7.36. The Morgan fingerprint density at radius 1 is 1.20 bits per heavy atom. The minimum absolute atomic E-state index is 0.0117. The minimum atomic E-state index is -0.444. The molecule has 1 N–H and O–H groups in total. The fourth-order valence-electron chi connectivity index (χ4n) is 2.85. The Kier molecular flexibility index (Phi) is 5.00. The fourth-order valence-corrected chi connectivity index (χ4v) is 3.19. The molecule has 1 aliphatic carbocycles. The molecule has 2 aromatic carbocycles. The summed E-state index contributed by atoms with van der Waals surface area (Å²) in [5.74, 6) is -0.361. The Bertz CT molecular complexity index is 862. The van der Waals surface area contributed by atoms with E-state index in [1.165, 1.54) is 12.1 Å². The summed E-state index contributed by atoms with van der Waals surface area (Å²) in [7, 11) is 0. The molecule has 1 saturated carbocycles. The number of hydrogen-bond acceptors (Lipinski definition) is 4. The van der Waals surface area contributed by atoms with Crippen LogP contribution in [0.4, 0.5) is 11.4 Å². The lowest BCUT2D eigenvalue weighted by Gasteiger charge is -2.12. The van der Waals surface area contributed by atoms with Crippen molar-refractivity contribution in [2.45, 2.75) is 12.8 Å². The van der Waals surface area contributed by atoms with Crippen molar-refractivity contribution in [1.29, 1.82) is 0 Å². The highest BCUT2D eigenvalue weighted by Crippen LogP contribution is 2.30. The number of para-hydroxylation sites is 1. The predicted octanol–water partition coefficient (Wildman–Crippen LogP) is 4.40. The molecule has 5 nitrogen and oxygen atoms in total. The highest BCUT2D eigenvalue weighted by Gasteiger charge is 2.32. The van der Waals surface area contributed by atoms with Crippen molar-refractivity contribution in [2.24, 2.45) is 5.92 Å². The molecule has 6 heteroatoms. The molecule has 0 radical (unpaired) electrons. The summed E-state index contributed by atoms with van der Waals surface area (Å²) < 4.78 is 0. The smallest absolute Gasteiger partial charge is 0.270 e. The lowest BCUT2D eigenvalue weighted by atomic mass is 10.0. The molecule has 0 aromatic heterocycles. The van der Waals surface area contributed by atoms with Crippen molar-refractivity contribution >= 4 is 40.4 Å². The van der Waals surface area contributed by atoms with Crippen LogP contribution in [0.3, 0.4) is 0 Å². The van der Waals surface area contributed by atoms with Crippen LogP contribution in [0.1, 0.15) is 18.4 Å². The maximum Gasteiger partial charge on any atom is 0.270 e. The fraction of sp³-hybridized carbons (Fsp3) is 0.158. The summed E-state index contributed by atoms with van der Waals surface area (Å²) in [6, 6.07) is 15.8. The Labute approximate surface area is 150 Å². The normalized spacial score (nSPS) is 18.3. The zero-order valence-corrected chi connectivity index (χ0v) is 14.2. The first-order chi connectivity index (χ1) is 12.0. The number of Topliss-reactive ketones (excluding diaryl/α,β-unsaturated/α-hetero) is 1. The maximum absolute atomic E-state index is 12.6. The van der Waals surface area contributed by atoms with Gasteiger partial charge in [0.15, 0.2) is 5.78 Å². The molecule has 1 fully saturated rings. The van der Waals surface area contributed by atoms with E-state index in [2.05, 4.69) is 5.32 Å². The average Bonchev–Trinajstić information content (AvgIpc) is 2.97. The second-order valence-electron chi connectivity index (χ2n) is 5.83. The lowest BCUT2D eigenvalue weighted by molar-refractivity contribution is -0.384. The first-order valence-corrected chi connectivity index (χ1v) is 8.30. The molecule has 3 rings (SSSR count). The molecule has 25 heavy (non-hydrogen) atoms.